The van der Waals surface area contributed by atoms with E-state index in [0.29, 0.717) is 0 Å². The number of benzene rings is 1. The standard InChI is InChI=1S/C24H25N5/c1-2-5-19(6-3-1)21-7-8-23-27-24(20-9-12-26-13-10-20)22(29(23)17-21)18-28-15-4-11-25-14-16-28/h1-3,5-10,12-13,17,25H,4,11,14-16,18H2. The highest BCUT2D eigenvalue weighted by Gasteiger charge is 2.18. The minimum atomic E-state index is 0.888. The van der Waals surface area contributed by atoms with Gasteiger partial charge in [0.05, 0.1) is 11.4 Å². The summed E-state index contributed by atoms with van der Waals surface area (Å²) in [5.41, 5.74) is 6.82. The van der Waals surface area contributed by atoms with Crippen molar-refractivity contribution < 1.29 is 0 Å². The monoisotopic (exact) mass is 383 g/mol. The van der Waals surface area contributed by atoms with E-state index in [-0.39, 0.29) is 0 Å². The van der Waals surface area contributed by atoms with Crippen molar-refractivity contribution in [2.24, 2.45) is 0 Å². The minimum Gasteiger partial charge on any atom is -0.315 e. The lowest BCUT2D eigenvalue weighted by Gasteiger charge is -2.20. The van der Waals surface area contributed by atoms with Crippen LogP contribution in [0.15, 0.2) is 73.2 Å². The number of nitrogens with one attached hydrogen (secondary N) is 1. The Morgan fingerprint density at radius 1 is 0.828 bits per heavy atom. The number of fused-ring (bicyclic) bond motifs is 1. The van der Waals surface area contributed by atoms with Gasteiger partial charge in [-0.25, -0.2) is 4.98 Å². The lowest BCUT2D eigenvalue weighted by Crippen LogP contribution is -2.28. The molecule has 5 rings (SSSR count). The fraction of sp³-hybridized carbons (Fsp3) is 0.250. The first-order valence-electron chi connectivity index (χ1n) is 10.3. The first-order chi connectivity index (χ1) is 14.4. The van der Waals surface area contributed by atoms with Gasteiger partial charge in [0, 0.05) is 43.8 Å². The Balaban J connectivity index is 1.62. The van der Waals surface area contributed by atoms with Gasteiger partial charge in [-0.2, -0.15) is 0 Å². The van der Waals surface area contributed by atoms with E-state index >= 15 is 0 Å². The molecule has 1 aromatic carbocycles. The zero-order chi connectivity index (χ0) is 19.5. The number of aromatic nitrogens is 3. The maximum atomic E-state index is 5.00. The fourth-order valence-electron chi connectivity index (χ4n) is 4.06. The molecule has 1 N–H and O–H groups in total. The van der Waals surface area contributed by atoms with Crippen LogP contribution in [-0.4, -0.2) is 45.4 Å². The van der Waals surface area contributed by atoms with Gasteiger partial charge >= 0.3 is 0 Å². The van der Waals surface area contributed by atoms with Gasteiger partial charge in [-0.05, 0) is 54.9 Å². The third-order valence-electron chi connectivity index (χ3n) is 5.58. The molecular weight excluding hydrogens is 358 g/mol. The highest BCUT2D eigenvalue weighted by molar-refractivity contribution is 5.70. The molecule has 5 heteroatoms. The summed E-state index contributed by atoms with van der Waals surface area (Å²) in [6, 6.07) is 18.9. The average Bonchev–Trinajstić information content (AvgIpc) is 2.94. The van der Waals surface area contributed by atoms with Crippen LogP contribution in [0.25, 0.3) is 28.0 Å². The van der Waals surface area contributed by atoms with Crippen LogP contribution in [0.2, 0.25) is 0 Å². The minimum absolute atomic E-state index is 0.888. The molecule has 0 aliphatic carbocycles. The molecule has 0 amide bonds. The molecule has 4 heterocycles. The quantitative estimate of drug-likeness (QED) is 0.581. The third-order valence-corrected chi connectivity index (χ3v) is 5.58. The Bertz CT molecular complexity index is 1080. The fourth-order valence-corrected chi connectivity index (χ4v) is 4.06. The average molecular weight is 383 g/mol. The lowest BCUT2D eigenvalue weighted by atomic mass is 10.1. The maximum Gasteiger partial charge on any atom is 0.137 e. The molecule has 29 heavy (non-hydrogen) atoms. The number of pyridine rings is 2. The van der Waals surface area contributed by atoms with Crippen molar-refractivity contribution in [2.75, 3.05) is 26.2 Å². The normalized spacial score (nSPS) is 15.4. The summed E-state index contributed by atoms with van der Waals surface area (Å²) in [7, 11) is 0. The number of hydrogen-bond acceptors (Lipinski definition) is 4. The second-order valence-electron chi connectivity index (χ2n) is 7.53. The van der Waals surface area contributed by atoms with Gasteiger partial charge in [0.2, 0.25) is 0 Å². The van der Waals surface area contributed by atoms with E-state index in [9.17, 15) is 0 Å². The van der Waals surface area contributed by atoms with Crippen LogP contribution in [0.4, 0.5) is 0 Å². The van der Waals surface area contributed by atoms with Crippen molar-refractivity contribution in [2.45, 2.75) is 13.0 Å². The van der Waals surface area contributed by atoms with E-state index in [2.05, 4.69) is 68.3 Å². The highest BCUT2D eigenvalue weighted by atomic mass is 15.2. The van der Waals surface area contributed by atoms with Crippen molar-refractivity contribution in [3.63, 3.8) is 0 Å². The third kappa shape index (κ3) is 3.79. The number of hydrogen-bond donors (Lipinski definition) is 1. The summed E-state index contributed by atoms with van der Waals surface area (Å²) in [6.07, 6.45) is 7.09. The predicted molar refractivity (Wildman–Crippen MR) is 117 cm³/mol. The van der Waals surface area contributed by atoms with E-state index in [0.717, 1.165) is 49.6 Å². The van der Waals surface area contributed by atoms with Gasteiger partial charge in [0.1, 0.15) is 5.65 Å². The molecule has 0 bridgehead atoms. The maximum absolute atomic E-state index is 5.00. The van der Waals surface area contributed by atoms with Crippen molar-refractivity contribution >= 4 is 5.65 Å². The zero-order valence-electron chi connectivity index (χ0n) is 16.5. The van der Waals surface area contributed by atoms with Gasteiger partial charge in [-0.1, -0.05) is 30.3 Å². The van der Waals surface area contributed by atoms with Crippen LogP contribution in [0, 0.1) is 0 Å². The summed E-state index contributed by atoms with van der Waals surface area (Å²) in [4.78, 5) is 11.7. The molecule has 1 saturated heterocycles. The molecule has 146 valence electrons. The Kier molecular flexibility index (Phi) is 5.07. The molecule has 0 spiro atoms. The largest absolute Gasteiger partial charge is 0.315 e. The van der Waals surface area contributed by atoms with Crippen LogP contribution < -0.4 is 5.32 Å². The Morgan fingerprint density at radius 2 is 1.69 bits per heavy atom. The number of rotatable bonds is 4. The van der Waals surface area contributed by atoms with E-state index in [1.165, 1.54) is 23.2 Å². The molecule has 1 aliphatic heterocycles. The Hall–Kier alpha value is -3.02. The molecule has 0 saturated carbocycles. The summed E-state index contributed by atoms with van der Waals surface area (Å²) < 4.78 is 2.27. The predicted octanol–water partition coefficient (Wildman–Crippen LogP) is 3.86. The molecule has 0 unspecified atom stereocenters. The second-order valence-corrected chi connectivity index (χ2v) is 7.53. The highest BCUT2D eigenvalue weighted by Crippen LogP contribution is 2.28. The molecule has 1 fully saturated rings. The molecule has 0 atom stereocenters. The topological polar surface area (TPSA) is 45.5 Å². The zero-order valence-corrected chi connectivity index (χ0v) is 16.5. The lowest BCUT2D eigenvalue weighted by molar-refractivity contribution is 0.281. The van der Waals surface area contributed by atoms with E-state index < -0.39 is 0 Å². The number of imidazole rings is 1. The molecular formula is C24H25N5. The van der Waals surface area contributed by atoms with Crippen molar-refractivity contribution in [1.29, 1.82) is 0 Å². The van der Waals surface area contributed by atoms with Crippen LogP contribution in [0.5, 0.6) is 0 Å². The summed E-state index contributed by atoms with van der Waals surface area (Å²) in [6.45, 7) is 5.18. The molecule has 5 nitrogen and oxygen atoms in total. The van der Waals surface area contributed by atoms with Gasteiger partial charge < -0.3 is 9.72 Å². The summed E-state index contributed by atoms with van der Waals surface area (Å²) in [5.74, 6) is 0. The van der Waals surface area contributed by atoms with E-state index in [1.54, 1.807) is 0 Å². The second kappa shape index (κ2) is 8.15. The van der Waals surface area contributed by atoms with Gasteiger partial charge in [-0.3, -0.25) is 9.88 Å². The van der Waals surface area contributed by atoms with Gasteiger partial charge in [-0.15, -0.1) is 0 Å². The number of nitrogens with zero attached hydrogens (tertiary/aromatic N) is 4. The van der Waals surface area contributed by atoms with Crippen molar-refractivity contribution in [3.8, 4) is 22.4 Å². The first kappa shape index (κ1) is 18.0. The summed E-state index contributed by atoms with van der Waals surface area (Å²) in [5, 5.41) is 3.50. The molecule has 4 aromatic rings. The Labute approximate surface area is 171 Å². The van der Waals surface area contributed by atoms with Gasteiger partial charge in [0.15, 0.2) is 0 Å². The van der Waals surface area contributed by atoms with Crippen LogP contribution in [0.3, 0.4) is 0 Å². The molecule has 0 radical (unpaired) electrons. The SMILES string of the molecule is c1ccc(-c2ccc3nc(-c4ccncc4)c(CN4CCCNCC4)n3c2)cc1. The van der Waals surface area contributed by atoms with Crippen LogP contribution >= 0.6 is 0 Å². The van der Waals surface area contributed by atoms with Crippen molar-refractivity contribution in [3.05, 3.63) is 78.9 Å². The van der Waals surface area contributed by atoms with E-state index in [1.807, 2.05) is 24.5 Å². The van der Waals surface area contributed by atoms with Crippen molar-refractivity contribution in [1.82, 2.24) is 24.6 Å². The van der Waals surface area contributed by atoms with E-state index in [4.69, 9.17) is 4.98 Å². The molecule has 3 aromatic heterocycles. The Morgan fingerprint density at radius 3 is 2.55 bits per heavy atom. The van der Waals surface area contributed by atoms with Crippen LogP contribution in [0.1, 0.15) is 12.1 Å². The smallest absolute Gasteiger partial charge is 0.137 e. The van der Waals surface area contributed by atoms with Crippen LogP contribution in [-0.2, 0) is 6.54 Å². The first-order valence-corrected chi connectivity index (χ1v) is 10.3. The van der Waals surface area contributed by atoms with Gasteiger partial charge in [0.25, 0.3) is 0 Å². The summed E-state index contributed by atoms with van der Waals surface area (Å²) >= 11 is 0. The molecule has 1 aliphatic rings.